The topological polar surface area (TPSA) is 35.8 Å². The Morgan fingerprint density at radius 2 is 2.21 bits per heavy atom. The molecule has 0 amide bonds. The molecule has 1 aromatic rings. The Kier molecular flexibility index (Phi) is 3.79. The molecule has 0 heterocycles. The van der Waals surface area contributed by atoms with Crippen LogP contribution in [-0.2, 0) is 6.42 Å². The second-order valence-electron chi connectivity index (χ2n) is 3.44. The van der Waals surface area contributed by atoms with Gasteiger partial charge >= 0.3 is 0 Å². The zero-order valence-electron chi connectivity index (χ0n) is 8.34. The van der Waals surface area contributed by atoms with Crippen molar-refractivity contribution in [1.82, 2.24) is 0 Å². The maximum absolute atomic E-state index is 8.64. The second-order valence-corrected chi connectivity index (χ2v) is 3.87. The van der Waals surface area contributed by atoms with E-state index in [-0.39, 0.29) is 0 Å². The fourth-order valence-electron chi connectivity index (χ4n) is 1.23. The van der Waals surface area contributed by atoms with E-state index in [1.165, 1.54) is 0 Å². The van der Waals surface area contributed by atoms with Gasteiger partial charge in [-0.25, -0.2) is 0 Å². The smallest absolute Gasteiger partial charge is 0.0670 e. The average Bonchev–Trinajstić information content (AvgIpc) is 2.09. The highest BCUT2D eigenvalue weighted by Gasteiger charge is 2.03. The number of hydrogen-bond acceptors (Lipinski definition) is 2. The molecule has 0 aliphatic carbocycles. The van der Waals surface area contributed by atoms with E-state index in [0.717, 1.165) is 11.3 Å². The summed E-state index contributed by atoms with van der Waals surface area (Å²) in [5.41, 5.74) is 1.94. The lowest BCUT2D eigenvalue weighted by Gasteiger charge is -2.13. The SMILES string of the molecule is CC(C)Nc1cc(Cl)ccc1CC#N. The minimum atomic E-state index is 0.339. The molecule has 0 unspecified atom stereocenters. The first-order valence-corrected chi connectivity index (χ1v) is 4.93. The summed E-state index contributed by atoms with van der Waals surface area (Å²) >= 11 is 5.88. The van der Waals surface area contributed by atoms with Gasteiger partial charge in [0.2, 0.25) is 0 Å². The first kappa shape index (κ1) is 10.9. The van der Waals surface area contributed by atoms with Gasteiger partial charge in [0.25, 0.3) is 0 Å². The zero-order valence-corrected chi connectivity index (χ0v) is 9.10. The van der Waals surface area contributed by atoms with E-state index in [2.05, 4.69) is 25.2 Å². The van der Waals surface area contributed by atoms with E-state index in [1.54, 1.807) is 6.07 Å². The van der Waals surface area contributed by atoms with Gasteiger partial charge in [0.15, 0.2) is 0 Å². The predicted octanol–water partition coefficient (Wildman–Crippen LogP) is 3.23. The maximum atomic E-state index is 8.64. The summed E-state index contributed by atoms with van der Waals surface area (Å²) in [6.45, 7) is 4.11. The minimum absolute atomic E-state index is 0.339. The number of nitrogens with one attached hydrogen (secondary N) is 1. The summed E-state index contributed by atoms with van der Waals surface area (Å²) < 4.78 is 0. The monoisotopic (exact) mass is 208 g/mol. The van der Waals surface area contributed by atoms with Crippen LogP contribution in [0.3, 0.4) is 0 Å². The highest BCUT2D eigenvalue weighted by atomic mass is 35.5. The number of nitriles is 1. The van der Waals surface area contributed by atoms with Crippen LogP contribution in [0.2, 0.25) is 5.02 Å². The van der Waals surface area contributed by atoms with Crippen LogP contribution < -0.4 is 5.32 Å². The summed E-state index contributed by atoms with van der Waals surface area (Å²) in [7, 11) is 0. The van der Waals surface area contributed by atoms with E-state index in [0.29, 0.717) is 17.5 Å². The van der Waals surface area contributed by atoms with E-state index < -0.39 is 0 Å². The Labute approximate surface area is 89.5 Å². The van der Waals surface area contributed by atoms with Crippen molar-refractivity contribution in [2.75, 3.05) is 5.32 Å². The van der Waals surface area contributed by atoms with Crippen molar-refractivity contribution in [3.05, 3.63) is 28.8 Å². The number of rotatable bonds is 3. The van der Waals surface area contributed by atoms with Gasteiger partial charge in [0.05, 0.1) is 12.5 Å². The standard InChI is InChI=1S/C11H13ClN2/c1-8(2)14-11-7-10(12)4-3-9(11)5-6-13/h3-4,7-8,14H,5H2,1-2H3. The third-order valence-corrected chi connectivity index (χ3v) is 2.02. The molecule has 3 heteroatoms. The highest BCUT2D eigenvalue weighted by Crippen LogP contribution is 2.22. The average molecular weight is 209 g/mol. The first-order chi connectivity index (χ1) is 6.63. The van der Waals surface area contributed by atoms with Crippen molar-refractivity contribution in [2.45, 2.75) is 26.3 Å². The van der Waals surface area contributed by atoms with Crippen LogP contribution in [0.4, 0.5) is 5.69 Å². The minimum Gasteiger partial charge on any atom is -0.383 e. The van der Waals surface area contributed by atoms with Crippen LogP contribution in [-0.4, -0.2) is 6.04 Å². The van der Waals surface area contributed by atoms with Crippen LogP contribution in [0.5, 0.6) is 0 Å². The fourth-order valence-corrected chi connectivity index (χ4v) is 1.41. The van der Waals surface area contributed by atoms with Gasteiger partial charge in [0, 0.05) is 16.8 Å². The molecular weight excluding hydrogens is 196 g/mol. The molecule has 74 valence electrons. The van der Waals surface area contributed by atoms with Crippen LogP contribution >= 0.6 is 11.6 Å². The lowest BCUT2D eigenvalue weighted by Crippen LogP contribution is -2.11. The Morgan fingerprint density at radius 3 is 2.79 bits per heavy atom. The fraction of sp³-hybridized carbons (Fsp3) is 0.364. The van der Waals surface area contributed by atoms with Crippen LogP contribution in [0.25, 0.3) is 0 Å². The maximum Gasteiger partial charge on any atom is 0.0670 e. The summed E-state index contributed by atoms with van der Waals surface area (Å²) in [5.74, 6) is 0. The van der Waals surface area contributed by atoms with E-state index in [9.17, 15) is 0 Å². The molecule has 1 rings (SSSR count). The number of nitrogens with zero attached hydrogens (tertiary/aromatic N) is 1. The van der Waals surface area contributed by atoms with E-state index in [1.807, 2.05) is 12.1 Å². The van der Waals surface area contributed by atoms with Gasteiger partial charge in [-0.1, -0.05) is 17.7 Å². The molecule has 0 saturated heterocycles. The van der Waals surface area contributed by atoms with Crippen molar-refractivity contribution < 1.29 is 0 Å². The number of halogens is 1. The van der Waals surface area contributed by atoms with Crippen molar-refractivity contribution in [3.63, 3.8) is 0 Å². The number of benzene rings is 1. The quantitative estimate of drug-likeness (QED) is 0.828. The Morgan fingerprint density at radius 1 is 1.50 bits per heavy atom. The summed E-state index contributed by atoms with van der Waals surface area (Å²) in [6.07, 6.45) is 0.409. The van der Waals surface area contributed by atoms with Crippen molar-refractivity contribution in [1.29, 1.82) is 5.26 Å². The highest BCUT2D eigenvalue weighted by molar-refractivity contribution is 6.30. The molecule has 1 N–H and O–H groups in total. The molecule has 0 aliphatic rings. The van der Waals surface area contributed by atoms with Crippen molar-refractivity contribution in [2.24, 2.45) is 0 Å². The third-order valence-electron chi connectivity index (χ3n) is 1.79. The number of anilines is 1. The van der Waals surface area contributed by atoms with Gasteiger partial charge < -0.3 is 5.32 Å². The molecule has 0 fully saturated rings. The summed E-state index contributed by atoms with van der Waals surface area (Å²) in [6, 6.07) is 8.02. The van der Waals surface area contributed by atoms with Crippen molar-refractivity contribution in [3.8, 4) is 6.07 Å². The Balaban J connectivity index is 2.97. The summed E-state index contributed by atoms with van der Waals surface area (Å²) in [5, 5.41) is 12.6. The molecule has 0 saturated carbocycles. The molecule has 0 atom stereocenters. The Hall–Kier alpha value is -1.20. The number of hydrogen-bond donors (Lipinski definition) is 1. The van der Waals surface area contributed by atoms with Crippen LogP contribution in [0.15, 0.2) is 18.2 Å². The largest absolute Gasteiger partial charge is 0.383 e. The molecule has 1 aromatic carbocycles. The lowest BCUT2D eigenvalue weighted by atomic mass is 10.1. The molecule has 0 bridgehead atoms. The molecule has 0 radical (unpaired) electrons. The molecule has 14 heavy (non-hydrogen) atoms. The van der Waals surface area contributed by atoms with E-state index >= 15 is 0 Å². The van der Waals surface area contributed by atoms with Gasteiger partial charge in [-0.15, -0.1) is 0 Å². The van der Waals surface area contributed by atoms with Crippen molar-refractivity contribution >= 4 is 17.3 Å². The van der Waals surface area contributed by atoms with Gasteiger partial charge in [-0.2, -0.15) is 5.26 Å². The van der Waals surface area contributed by atoms with Gasteiger partial charge in [-0.05, 0) is 31.5 Å². The van der Waals surface area contributed by atoms with Crippen LogP contribution in [0.1, 0.15) is 19.4 Å². The molecular formula is C11H13ClN2. The zero-order chi connectivity index (χ0) is 10.6. The first-order valence-electron chi connectivity index (χ1n) is 4.55. The third kappa shape index (κ3) is 2.93. The second kappa shape index (κ2) is 4.88. The van der Waals surface area contributed by atoms with Crippen LogP contribution in [0, 0.1) is 11.3 Å². The van der Waals surface area contributed by atoms with Gasteiger partial charge in [0.1, 0.15) is 0 Å². The summed E-state index contributed by atoms with van der Waals surface area (Å²) in [4.78, 5) is 0. The predicted molar refractivity (Wildman–Crippen MR) is 59.5 cm³/mol. The lowest BCUT2D eigenvalue weighted by molar-refractivity contribution is 0.896. The van der Waals surface area contributed by atoms with Gasteiger partial charge in [-0.3, -0.25) is 0 Å². The Bertz CT molecular complexity index is 353. The molecule has 0 aromatic heterocycles. The van der Waals surface area contributed by atoms with E-state index in [4.69, 9.17) is 16.9 Å². The molecule has 0 aliphatic heterocycles. The molecule has 0 spiro atoms. The normalized spacial score (nSPS) is 9.93. The molecule has 2 nitrogen and oxygen atoms in total.